The molecule has 0 aliphatic carbocycles. The minimum atomic E-state index is -1.62. The first-order valence-corrected chi connectivity index (χ1v) is 7.11. The van der Waals surface area contributed by atoms with Gasteiger partial charge in [-0.05, 0) is 22.9 Å². The van der Waals surface area contributed by atoms with Crippen LogP contribution in [0.15, 0.2) is 42.5 Å². The normalized spacial score (nSPS) is 17.5. The Morgan fingerprint density at radius 3 is 2.26 bits per heavy atom. The fraction of sp³-hybridized carbons (Fsp3) is 0.235. The number of amides is 1. The maximum atomic E-state index is 12.2. The molecule has 118 valence electrons. The van der Waals surface area contributed by atoms with Crippen LogP contribution in [0.1, 0.15) is 13.8 Å². The van der Waals surface area contributed by atoms with E-state index in [-0.39, 0.29) is 0 Å². The van der Waals surface area contributed by atoms with Crippen molar-refractivity contribution in [3.05, 3.63) is 42.5 Å². The summed E-state index contributed by atoms with van der Waals surface area (Å²) in [5.41, 5.74) is 0.485. The number of hydrogen-bond acceptors (Lipinski definition) is 5. The van der Waals surface area contributed by atoms with Crippen LogP contribution in [0.2, 0.25) is 0 Å². The summed E-state index contributed by atoms with van der Waals surface area (Å²) < 4.78 is 9.89. The lowest BCUT2D eigenvalue weighted by Gasteiger charge is -2.32. The lowest BCUT2D eigenvalue weighted by molar-refractivity contribution is -0.238. The lowest BCUT2D eigenvalue weighted by Crippen LogP contribution is -2.50. The molecule has 1 aliphatic heterocycles. The van der Waals surface area contributed by atoms with Crippen molar-refractivity contribution in [3.8, 4) is 0 Å². The fourth-order valence-electron chi connectivity index (χ4n) is 2.41. The topological polar surface area (TPSA) is 81.7 Å². The van der Waals surface area contributed by atoms with Crippen LogP contribution in [0.5, 0.6) is 0 Å². The number of carbonyl (C=O) groups excluding carboxylic acids is 3. The number of ether oxygens (including phenoxy) is 2. The number of rotatable bonds is 2. The molecule has 2 aromatic carbocycles. The molecule has 1 heterocycles. The summed E-state index contributed by atoms with van der Waals surface area (Å²) in [4.78, 5) is 36.0. The van der Waals surface area contributed by atoms with Gasteiger partial charge in [0, 0.05) is 19.5 Å². The second-order valence-corrected chi connectivity index (χ2v) is 5.73. The van der Waals surface area contributed by atoms with Gasteiger partial charge < -0.3 is 14.8 Å². The molecule has 23 heavy (non-hydrogen) atoms. The Morgan fingerprint density at radius 2 is 1.61 bits per heavy atom. The van der Waals surface area contributed by atoms with E-state index in [1.807, 2.05) is 30.3 Å². The number of anilines is 1. The Bertz CT molecular complexity index is 791. The largest absolute Gasteiger partial charge is 0.422 e. The molecule has 1 N–H and O–H groups in total. The molecular weight excluding hydrogens is 298 g/mol. The Labute approximate surface area is 132 Å². The van der Waals surface area contributed by atoms with Crippen molar-refractivity contribution < 1.29 is 23.9 Å². The third-order valence-corrected chi connectivity index (χ3v) is 3.44. The summed E-state index contributed by atoms with van der Waals surface area (Å²) >= 11 is 0. The molecule has 6 heteroatoms. The molecule has 1 amide bonds. The predicted molar refractivity (Wildman–Crippen MR) is 82.3 cm³/mol. The maximum Gasteiger partial charge on any atom is 0.333 e. The van der Waals surface area contributed by atoms with Gasteiger partial charge in [-0.1, -0.05) is 30.3 Å². The number of cyclic esters (lactones) is 2. The molecule has 1 aliphatic rings. The molecule has 0 aromatic heterocycles. The van der Waals surface area contributed by atoms with Gasteiger partial charge in [0.25, 0.3) is 5.79 Å². The van der Waals surface area contributed by atoms with Crippen molar-refractivity contribution in [2.45, 2.75) is 19.6 Å². The monoisotopic (exact) mass is 313 g/mol. The highest BCUT2D eigenvalue weighted by Crippen LogP contribution is 2.25. The molecule has 0 unspecified atom stereocenters. The molecule has 0 radical (unpaired) electrons. The van der Waals surface area contributed by atoms with Gasteiger partial charge in [-0.3, -0.25) is 14.4 Å². The van der Waals surface area contributed by atoms with E-state index in [1.165, 1.54) is 13.8 Å². The minimum absolute atomic E-state index is 0.485. The number of esters is 2. The smallest absolute Gasteiger partial charge is 0.333 e. The van der Waals surface area contributed by atoms with Crippen molar-refractivity contribution in [1.29, 1.82) is 0 Å². The van der Waals surface area contributed by atoms with Gasteiger partial charge in [0.15, 0.2) is 0 Å². The summed E-state index contributed by atoms with van der Waals surface area (Å²) in [5, 5.41) is 4.50. The van der Waals surface area contributed by atoms with Crippen molar-refractivity contribution in [2.24, 2.45) is 5.92 Å². The Hall–Kier alpha value is -2.89. The number of nitrogens with one attached hydrogen (secondary N) is 1. The summed E-state index contributed by atoms with van der Waals surface area (Å²) in [6.07, 6.45) is 0. The number of hydrogen-bond donors (Lipinski definition) is 1. The van der Waals surface area contributed by atoms with E-state index in [0.717, 1.165) is 10.8 Å². The zero-order chi connectivity index (χ0) is 16.6. The van der Waals surface area contributed by atoms with E-state index in [9.17, 15) is 14.4 Å². The van der Waals surface area contributed by atoms with Crippen LogP contribution in [0.4, 0.5) is 5.69 Å². The quantitative estimate of drug-likeness (QED) is 0.679. The molecule has 2 aromatic rings. The van der Waals surface area contributed by atoms with E-state index in [4.69, 9.17) is 9.47 Å². The van der Waals surface area contributed by atoms with Crippen LogP contribution in [0.25, 0.3) is 10.8 Å². The zero-order valence-corrected chi connectivity index (χ0v) is 12.7. The standard InChI is InChI=1S/C17H15NO5/c1-17(2)22-15(20)13(16(21)23-17)14(19)18-12-8-7-10-5-3-4-6-11(10)9-12/h3-9,13H,1-2H3,(H,18,19). The van der Waals surface area contributed by atoms with E-state index in [1.54, 1.807) is 12.1 Å². The van der Waals surface area contributed by atoms with Gasteiger partial charge in [0.05, 0.1) is 0 Å². The molecule has 3 rings (SSSR count). The fourth-order valence-corrected chi connectivity index (χ4v) is 2.41. The lowest BCUT2D eigenvalue weighted by atomic mass is 10.1. The predicted octanol–water partition coefficient (Wildman–Crippen LogP) is 2.23. The molecule has 1 fully saturated rings. The third kappa shape index (κ3) is 3.01. The maximum absolute atomic E-state index is 12.2. The van der Waals surface area contributed by atoms with E-state index in [0.29, 0.717) is 5.69 Å². The summed E-state index contributed by atoms with van der Waals surface area (Å²) in [5.74, 6) is -5.57. The highest BCUT2D eigenvalue weighted by molar-refractivity contribution is 6.19. The first-order valence-electron chi connectivity index (χ1n) is 7.11. The van der Waals surface area contributed by atoms with Gasteiger partial charge in [0.1, 0.15) is 0 Å². The summed E-state index contributed by atoms with van der Waals surface area (Å²) in [6.45, 7) is 2.86. The summed E-state index contributed by atoms with van der Waals surface area (Å²) in [6, 6.07) is 12.9. The van der Waals surface area contributed by atoms with Crippen LogP contribution in [-0.4, -0.2) is 23.6 Å². The third-order valence-electron chi connectivity index (χ3n) is 3.44. The highest BCUT2D eigenvalue weighted by Gasteiger charge is 2.47. The van der Waals surface area contributed by atoms with Gasteiger partial charge in [-0.25, -0.2) is 0 Å². The van der Waals surface area contributed by atoms with Crippen LogP contribution < -0.4 is 5.32 Å². The van der Waals surface area contributed by atoms with E-state index in [2.05, 4.69) is 5.32 Å². The minimum Gasteiger partial charge on any atom is -0.422 e. The van der Waals surface area contributed by atoms with Crippen LogP contribution in [0, 0.1) is 5.92 Å². The molecule has 6 nitrogen and oxygen atoms in total. The average Bonchev–Trinajstić information content (AvgIpc) is 2.44. The molecule has 0 bridgehead atoms. The Morgan fingerprint density at radius 1 is 1.00 bits per heavy atom. The van der Waals surface area contributed by atoms with Gasteiger partial charge in [0.2, 0.25) is 11.8 Å². The second kappa shape index (κ2) is 5.39. The van der Waals surface area contributed by atoms with Crippen molar-refractivity contribution in [2.75, 3.05) is 5.32 Å². The van der Waals surface area contributed by atoms with Crippen LogP contribution >= 0.6 is 0 Å². The van der Waals surface area contributed by atoms with Crippen LogP contribution in [-0.2, 0) is 23.9 Å². The van der Waals surface area contributed by atoms with Gasteiger partial charge in [-0.15, -0.1) is 0 Å². The Balaban J connectivity index is 1.80. The van der Waals surface area contributed by atoms with Gasteiger partial charge in [-0.2, -0.15) is 0 Å². The number of carbonyl (C=O) groups is 3. The summed E-state index contributed by atoms with van der Waals surface area (Å²) in [7, 11) is 0. The first-order chi connectivity index (χ1) is 10.9. The molecule has 0 saturated carbocycles. The first kappa shape index (κ1) is 15.0. The SMILES string of the molecule is CC1(C)OC(=O)C(C(=O)Nc2ccc3ccccc3c2)C(=O)O1. The van der Waals surface area contributed by atoms with Crippen LogP contribution in [0.3, 0.4) is 0 Å². The van der Waals surface area contributed by atoms with Gasteiger partial charge >= 0.3 is 11.9 Å². The average molecular weight is 313 g/mol. The number of benzene rings is 2. The van der Waals surface area contributed by atoms with Crippen molar-refractivity contribution in [1.82, 2.24) is 0 Å². The molecule has 1 saturated heterocycles. The Kier molecular flexibility index (Phi) is 3.52. The van der Waals surface area contributed by atoms with Crippen molar-refractivity contribution in [3.63, 3.8) is 0 Å². The molecular formula is C17H15NO5. The number of fused-ring (bicyclic) bond motifs is 1. The highest BCUT2D eigenvalue weighted by atomic mass is 16.7. The second-order valence-electron chi connectivity index (χ2n) is 5.73. The molecule has 0 spiro atoms. The van der Waals surface area contributed by atoms with E-state index >= 15 is 0 Å². The van der Waals surface area contributed by atoms with Crippen molar-refractivity contribution >= 4 is 34.3 Å². The zero-order valence-electron chi connectivity index (χ0n) is 12.7. The molecule has 0 atom stereocenters. The van der Waals surface area contributed by atoms with E-state index < -0.39 is 29.6 Å².